The molecular weight excluding hydrogens is 172 g/mol. The van der Waals surface area contributed by atoms with Gasteiger partial charge in [-0.2, -0.15) is 0 Å². The first kappa shape index (κ1) is 10.3. The van der Waals surface area contributed by atoms with Gasteiger partial charge < -0.3 is 0 Å². The maximum atomic E-state index is 2.38. The van der Waals surface area contributed by atoms with Crippen molar-refractivity contribution in [3.63, 3.8) is 0 Å². The summed E-state index contributed by atoms with van der Waals surface area (Å²) in [6, 6.07) is 0. The summed E-state index contributed by atoms with van der Waals surface area (Å²) in [5.41, 5.74) is 1.42. The zero-order valence-corrected chi connectivity index (χ0v) is 9.96. The van der Waals surface area contributed by atoms with Crippen LogP contribution in [0.3, 0.4) is 0 Å². The van der Waals surface area contributed by atoms with Crippen LogP contribution in [0, 0.1) is 0 Å². The minimum atomic E-state index is -1.17. The summed E-state index contributed by atoms with van der Waals surface area (Å²) in [5, 5.41) is 1.55. The van der Waals surface area contributed by atoms with Gasteiger partial charge in [0.25, 0.3) is 0 Å². The van der Waals surface area contributed by atoms with Crippen molar-refractivity contribution >= 4 is 8.07 Å². The maximum absolute atomic E-state index is 2.38. The lowest BCUT2D eigenvalue weighted by Crippen LogP contribution is -2.23. The third-order valence-electron chi connectivity index (χ3n) is 2.18. The van der Waals surface area contributed by atoms with Gasteiger partial charge in [0.1, 0.15) is 0 Å². The van der Waals surface area contributed by atoms with Crippen LogP contribution in [0.25, 0.3) is 0 Å². The molecule has 1 aliphatic carbocycles. The van der Waals surface area contributed by atoms with E-state index < -0.39 is 8.07 Å². The van der Waals surface area contributed by atoms with Gasteiger partial charge in [-0.05, 0) is 6.92 Å². The predicted molar refractivity (Wildman–Crippen MR) is 63.5 cm³/mol. The average Bonchev–Trinajstić information content (AvgIpc) is 1.94. The van der Waals surface area contributed by atoms with Gasteiger partial charge >= 0.3 is 0 Å². The summed E-state index contributed by atoms with van der Waals surface area (Å²) in [6.07, 6.45) is 12.9. The molecule has 0 nitrogen and oxygen atoms in total. The fraction of sp³-hybridized carbons (Fsp3) is 0.333. The third kappa shape index (κ3) is 2.85. The minimum Gasteiger partial charge on any atom is -0.0656 e. The summed E-state index contributed by atoms with van der Waals surface area (Å²) >= 11 is 0. The van der Waals surface area contributed by atoms with Crippen LogP contribution in [0.15, 0.2) is 47.2 Å². The molecule has 0 unspecified atom stereocenters. The molecule has 0 amide bonds. The summed E-state index contributed by atoms with van der Waals surface area (Å²) in [7, 11) is -1.17. The fourth-order valence-corrected chi connectivity index (χ4v) is 3.41. The Kier molecular flexibility index (Phi) is 3.10. The molecule has 0 aromatic heterocycles. The van der Waals surface area contributed by atoms with E-state index in [1.807, 2.05) is 0 Å². The summed E-state index contributed by atoms with van der Waals surface area (Å²) in [5.74, 6) is 0. The molecule has 0 saturated heterocycles. The molecule has 1 rings (SSSR count). The Morgan fingerprint density at radius 1 is 0.846 bits per heavy atom. The second-order valence-electron chi connectivity index (χ2n) is 4.45. The normalized spacial score (nSPS) is 30.5. The van der Waals surface area contributed by atoms with E-state index in [4.69, 9.17) is 0 Å². The second kappa shape index (κ2) is 3.92. The molecule has 0 aromatic rings. The predicted octanol–water partition coefficient (Wildman–Crippen LogP) is 3.86. The lowest BCUT2D eigenvalue weighted by Gasteiger charge is -2.20. The van der Waals surface area contributed by atoms with Crippen LogP contribution in [0.1, 0.15) is 6.92 Å². The molecule has 1 heteroatoms. The van der Waals surface area contributed by atoms with Gasteiger partial charge in [-0.25, -0.2) is 0 Å². The largest absolute Gasteiger partial charge is 0.0779 e. The van der Waals surface area contributed by atoms with Crippen LogP contribution >= 0.6 is 0 Å². The zero-order chi connectivity index (χ0) is 9.90. The Morgan fingerprint density at radius 2 is 1.38 bits per heavy atom. The van der Waals surface area contributed by atoms with Crippen LogP contribution in [0.5, 0.6) is 0 Å². The highest BCUT2D eigenvalue weighted by Gasteiger charge is 2.18. The molecule has 0 aliphatic heterocycles. The van der Waals surface area contributed by atoms with Gasteiger partial charge in [0, 0.05) is 0 Å². The van der Waals surface area contributed by atoms with Gasteiger partial charge in [0.15, 0.2) is 0 Å². The SMILES string of the molecule is CC1=C([Si](C)(C)C)/C=C\C=C/C=C\1. The molecule has 1 aliphatic rings. The Balaban J connectivity index is 3.11. The van der Waals surface area contributed by atoms with E-state index in [-0.39, 0.29) is 0 Å². The van der Waals surface area contributed by atoms with Crippen LogP contribution in [-0.4, -0.2) is 8.07 Å². The standard InChI is InChI=1S/C12H18Si/c1-11-9-7-5-6-8-10-12(11)13(2,3)4/h5-10H,1-4H3/b6-5-,7-5?,8-6?,9-7-,10-8-,11-9?,12-10?,12-11+. The Bertz CT molecular complexity index is 296. The first-order valence-corrected chi connectivity index (χ1v) is 8.24. The van der Waals surface area contributed by atoms with Crippen LogP contribution in [0.4, 0.5) is 0 Å². The highest BCUT2D eigenvalue weighted by molar-refractivity contribution is 6.83. The van der Waals surface area contributed by atoms with E-state index >= 15 is 0 Å². The topological polar surface area (TPSA) is 0 Å². The van der Waals surface area contributed by atoms with Crippen molar-refractivity contribution in [2.45, 2.75) is 26.6 Å². The monoisotopic (exact) mass is 190 g/mol. The smallest absolute Gasteiger partial charge is 0.0656 e. The Morgan fingerprint density at radius 3 is 1.92 bits per heavy atom. The quantitative estimate of drug-likeness (QED) is 0.551. The number of rotatable bonds is 1. The molecule has 0 fully saturated rings. The van der Waals surface area contributed by atoms with E-state index in [9.17, 15) is 0 Å². The molecule has 0 spiro atoms. The van der Waals surface area contributed by atoms with E-state index in [1.165, 1.54) is 5.57 Å². The van der Waals surface area contributed by atoms with Crippen molar-refractivity contribution in [2.24, 2.45) is 0 Å². The van der Waals surface area contributed by atoms with Crippen molar-refractivity contribution in [1.29, 1.82) is 0 Å². The number of allylic oxidation sites excluding steroid dienone is 8. The van der Waals surface area contributed by atoms with Crippen LogP contribution in [0.2, 0.25) is 19.6 Å². The minimum absolute atomic E-state index is 1.17. The molecular formula is C12H18Si. The Hall–Kier alpha value is -0.823. The molecule has 0 heterocycles. The zero-order valence-electron chi connectivity index (χ0n) is 8.96. The first-order chi connectivity index (χ1) is 6.02. The van der Waals surface area contributed by atoms with Crippen molar-refractivity contribution in [2.75, 3.05) is 0 Å². The molecule has 0 bridgehead atoms. The first-order valence-electron chi connectivity index (χ1n) is 4.74. The molecule has 0 saturated carbocycles. The van der Waals surface area contributed by atoms with Gasteiger partial charge in [0.05, 0.1) is 8.07 Å². The lowest BCUT2D eigenvalue weighted by molar-refractivity contribution is 1.45. The molecule has 0 N–H and O–H groups in total. The maximum Gasteiger partial charge on any atom is 0.0779 e. The highest BCUT2D eigenvalue weighted by atomic mass is 28.3. The van der Waals surface area contributed by atoms with Crippen LogP contribution in [-0.2, 0) is 0 Å². The van der Waals surface area contributed by atoms with Crippen molar-refractivity contribution < 1.29 is 0 Å². The summed E-state index contributed by atoms with van der Waals surface area (Å²) < 4.78 is 0. The summed E-state index contributed by atoms with van der Waals surface area (Å²) in [4.78, 5) is 0. The van der Waals surface area contributed by atoms with Gasteiger partial charge in [-0.1, -0.05) is 66.9 Å². The van der Waals surface area contributed by atoms with Gasteiger partial charge in [-0.3, -0.25) is 0 Å². The number of hydrogen-bond donors (Lipinski definition) is 0. The van der Waals surface area contributed by atoms with Crippen molar-refractivity contribution in [1.82, 2.24) is 0 Å². The lowest BCUT2D eigenvalue weighted by atomic mass is 10.2. The van der Waals surface area contributed by atoms with Crippen LogP contribution < -0.4 is 0 Å². The third-order valence-corrected chi connectivity index (χ3v) is 4.35. The van der Waals surface area contributed by atoms with Crippen molar-refractivity contribution in [3.8, 4) is 0 Å². The average molecular weight is 190 g/mol. The molecule has 0 atom stereocenters. The van der Waals surface area contributed by atoms with Gasteiger partial charge in [0.2, 0.25) is 0 Å². The number of hydrogen-bond acceptors (Lipinski definition) is 0. The highest BCUT2D eigenvalue weighted by Crippen LogP contribution is 2.21. The fourth-order valence-electron chi connectivity index (χ4n) is 1.54. The molecule has 70 valence electrons. The van der Waals surface area contributed by atoms with E-state index in [2.05, 4.69) is 63.0 Å². The molecule has 0 aromatic carbocycles. The molecule has 13 heavy (non-hydrogen) atoms. The van der Waals surface area contributed by atoms with E-state index in [0.717, 1.165) is 0 Å². The van der Waals surface area contributed by atoms with Gasteiger partial charge in [-0.15, -0.1) is 0 Å². The molecule has 0 radical (unpaired) electrons. The van der Waals surface area contributed by atoms with Crippen molar-refractivity contribution in [3.05, 3.63) is 47.2 Å². The second-order valence-corrected chi connectivity index (χ2v) is 9.49. The Labute approximate surface area is 82.4 Å². The van der Waals surface area contributed by atoms with E-state index in [0.29, 0.717) is 0 Å². The van der Waals surface area contributed by atoms with E-state index in [1.54, 1.807) is 5.20 Å². The summed E-state index contributed by atoms with van der Waals surface area (Å²) in [6.45, 7) is 9.35.